The molecule has 46 heavy (non-hydrogen) atoms. The molecule has 2 aliphatic heterocycles. The normalized spacial score (nSPS) is 22.2. The summed E-state index contributed by atoms with van der Waals surface area (Å²) >= 11 is 0. The first-order valence-corrected chi connectivity index (χ1v) is 17.2. The molecular formula is C28H30F8N2O6S2. The lowest BCUT2D eigenvalue weighted by molar-refractivity contribution is -0.348. The zero-order chi connectivity index (χ0) is 34.4. The van der Waals surface area contributed by atoms with Gasteiger partial charge in [-0.05, 0) is 49.1 Å². The number of alkyl halides is 7. The highest BCUT2D eigenvalue weighted by atomic mass is 32.2. The van der Waals surface area contributed by atoms with E-state index in [1.54, 1.807) is 0 Å². The second kappa shape index (κ2) is 12.3. The van der Waals surface area contributed by atoms with Crippen molar-refractivity contribution in [3.05, 3.63) is 65.5 Å². The van der Waals surface area contributed by atoms with Crippen LogP contribution in [0.3, 0.4) is 0 Å². The van der Waals surface area contributed by atoms with Crippen LogP contribution in [0.25, 0.3) is 0 Å². The second-order valence-corrected chi connectivity index (χ2v) is 16.1. The van der Waals surface area contributed by atoms with Crippen LogP contribution in [0.5, 0.6) is 0 Å². The van der Waals surface area contributed by atoms with Gasteiger partial charge in [0.15, 0.2) is 9.84 Å². The molecule has 8 nitrogen and oxygen atoms in total. The van der Waals surface area contributed by atoms with Crippen LogP contribution in [0.1, 0.15) is 30.4 Å². The Morgan fingerprint density at radius 1 is 0.891 bits per heavy atom. The highest BCUT2D eigenvalue weighted by molar-refractivity contribution is 7.92. The summed E-state index contributed by atoms with van der Waals surface area (Å²) in [6.07, 6.45) is -13.5. The topological polar surface area (TPSA) is 121 Å². The summed E-state index contributed by atoms with van der Waals surface area (Å²) in [5, 5.41) is 12.1. The van der Waals surface area contributed by atoms with Crippen molar-refractivity contribution in [1.82, 2.24) is 10.2 Å². The minimum Gasteiger partial charge on any atom is -0.395 e. The van der Waals surface area contributed by atoms with E-state index < -0.39 is 83.0 Å². The molecule has 2 N–H and O–H groups in total. The molecule has 2 aromatic rings. The number of rotatable bonds is 9. The molecule has 0 unspecified atom stereocenters. The van der Waals surface area contributed by atoms with E-state index in [1.165, 1.54) is 0 Å². The van der Waals surface area contributed by atoms with Crippen molar-refractivity contribution in [2.75, 3.05) is 44.3 Å². The third-order valence-electron chi connectivity index (χ3n) is 8.74. The Balaban J connectivity index is 1.81. The van der Waals surface area contributed by atoms with E-state index in [4.69, 9.17) is 0 Å². The maximum atomic E-state index is 14.8. The van der Waals surface area contributed by atoms with Gasteiger partial charge in [-0.25, -0.2) is 25.6 Å². The Kier molecular flexibility index (Phi) is 9.65. The molecular weight excluding hydrogens is 676 g/mol. The lowest BCUT2D eigenvalue weighted by atomic mass is 9.80. The molecule has 0 aliphatic carbocycles. The predicted octanol–water partition coefficient (Wildman–Crippen LogP) is 3.79. The average Bonchev–Trinajstić information content (AvgIpc) is 3.44. The Bertz CT molecular complexity index is 1620. The number of nitrogens with zero attached hydrogens (tertiary/aromatic N) is 1. The van der Waals surface area contributed by atoms with E-state index >= 15 is 0 Å². The minimum atomic E-state index is -6.41. The average molecular weight is 707 g/mol. The SMILES string of the molecule is O=C(N1CC[C@](c2ccc(C(F)(C(F)(F)F)C(F)(F)F)cc2)(S(=O)(=O)c2ccc(F)cc2)C1)C1(CNCCO)CCS(=O)(=O)CC1. The van der Waals surface area contributed by atoms with Crippen LogP contribution in [0.2, 0.25) is 0 Å². The number of benzene rings is 2. The van der Waals surface area contributed by atoms with Gasteiger partial charge in [-0.3, -0.25) is 4.79 Å². The van der Waals surface area contributed by atoms with Gasteiger partial charge in [0, 0.05) is 31.7 Å². The fourth-order valence-corrected chi connectivity index (χ4v) is 9.72. The van der Waals surface area contributed by atoms with Gasteiger partial charge in [-0.1, -0.05) is 24.3 Å². The van der Waals surface area contributed by atoms with E-state index in [2.05, 4.69) is 5.32 Å². The summed E-state index contributed by atoms with van der Waals surface area (Å²) in [6.45, 7) is -1.24. The Morgan fingerprint density at radius 2 is 1.43 bits per heavy atom. The van der Waals surface area contributed by atoms with Crippen LogP contribution >= 0.6 is 0 Å². The van der Waals surface area contributed by atoms with E-state index in [0.29, 0.717) is 12.1 Å². The number of hydrogen-bond acceptors (Lipinski definition) is 7. The molecule has 2 aromatic carbocycles. The fraction of sp³-hybridized carbons (Fsp3) is 0.536. The number of hydrogen-bond donors (Lipinski definition) is 2. The number of carbonyl (C=O) groups excluding carboxylic acids is 1. The number of likely N-dealkylation sites (tertiary alicyclic amines) is 1. The van der Waals surface area contributed by atoms with Crippen molar-refractivity contribution >= 4 is 25.6 Å². The van der Waals surface area contributed by atoms with Crippen LogP contribution < -0.4 is 5.32 Å². The van der Waals surface area contributed by atoms with Gasteiger partial charge in [0.1, 0.15) is 20.4 Å². The highest BCUT2D eigenvalue weighted by Crippen LogP contribution is 2.54. The largest absolute Gasteiger partial charge is 0.435 e. The summed E-state index contributed by atoms with van der Waals surface area (Å²) in [7, 11) is -8.15. The summed E-state index contributed by atoms with van der Waals surface area (Å²) < 4.78 is 159. The van der Waals surface area contributed by atoms with Gasteiger partial charge in [0.25, 0.3) is 0 Å². The number of carbonyl (C=O) groups is 1. The zero-order valence-corrected chi connectivity index (χ0v) is 25.6. The van der Waals surface area contributed by atoms with Crippen molar-refractivity contribution in [3.8, 4) is 0 Å². The zero-order valence-electron chi connectivity index (χ0n) is 24.0. The molecule has 2 aliphatic rings. The van der Waals surface area contributed by atoms with E-state index in [0.717, 1.165) is 29.2 Å². The van der Waals surface area contributed by atoms with Gasteiger partial charge in [-0.15, -0.1) is 0 Å². The highest BCUT2D eigenvalue weighted by Gasteiger charge is 2.73. The van der Waals surface area contributed by atoms with Crippen LogP contribution in [0, 0.1) is 11.2 Å². The minimum absolute atomic E-state index is 0.0585. The smallest absolute Gasteiger partial charge is 0.395 e. The van der Waals surface area contributed by atoms with Crippen LogP contribution in [0.4, 0.5) is 35.1 Å². The number of aliphatic hydroxyl groups excluding tert-OH is 1. The number of aliphatic hydroxyl groups is 1. The predicted molar refractivity (Wildman–Crippen MR) is 148 cm³/mol. The molecule has 0 saturated carbocycles. The van der Waals surface area contributed by atoms with Crippen molar-refractivity contribution in [2.24, 2.45) is 5.41 Å². The summed E-state index contributed by atoms with van der Waals surface area (Å²) in [5.74, 6) is -2.14. The number of nitrogens with one attached hydrogen (secondary N) is 1. The molecule has 0 bridgehead atoms. The molecule has 2 heterocycles. The summed E-state index contributed by atoms with van der Waals surface area (Å²) in [5.41, 5.74) is -9.29. The molecule has 0 spiro atoms. The Hall–Kier alpha value is -2.83. The number of halogens is 8. The van der Waals surface area contributed by atoms with Gasteiger partial charge >= 0.3 is 18.0 Å². The Labute approximate surface area is 259 Å². The van der Waals surface area contributed by atoms with Gasteiger partial charge < -0.3 is 15.3 Å². The van der Waals surface area contributed by atoms with Gasteiger partial charge in [0.2, 0.25) is 5.91 Å². The molecule has 0 radical (unpaired) electrons. The van der Waals surface area contributed by atoms with E-state index in [1.807, 2.05) is 0 Å². The van der Waals surface area contributed by atoms with Crippen LogP contribution in [-0.4, -0.2) is 89.4 Å². The van der Waals surface area contributed by atoms with Gasteiger partial charge in [0.05, 0.1) is 28.4 Å². The molecule has 1 amide bonds. The summed E-state index contributed by atoms with van der Waals surface area (Å²) in [6, 6.07) is 5.12. The molecule has 18 heteroatoms. The molecule has 0 aromatic heterocycles. The van der Waals surface area contributed by atoms with Crippen molar-refractivity contribution in [3.63, 3.8) is 0 Å². The third kappa shape index (κ3) is 6.24. The molecule has 4 rings (SSSR count). The first-order chi connectivity index (χ1) is 21.2. The standard InChI is InChI=1S/C28H30F8N2O6S2/c29-21-5-7-22(8-6-21)46(43,44)25(19-1-3-20(4-2-19)26(30,27(31,32)33)28(34,35)36)9-13-38(18-25)23(40)24(17-37-12-14-39)10-15-45(41,42)16-11-24/h1-8,37,39H,9-18H2/t25-/m0/s1. The quantitative estimate of drug-likeness (QED) is 0.231. The maximum Gasteiger partial charge on any atom is 0.435 e. The molecule has 1 atom stereocenters. The summed E-state index contributed by atoms with van der Waals surface area (Å²) in [4.78, 5) is 14.7. The van der Waals surface area contributed by atoms with Crippen LogP contribution in [0.15, 0.2) is 53.4 Å². The van der Waals surface area contributed by atoms with Crippen molar-refractivity contribution in [2.45, 2.75) is 46.9 Å². The molecule has 256 valence electrons. The fourth-order valence-electron chi connectivity index (χ4n) is 6.03. The first kappa shape index (κ1) is 36.0. The van der Waals surface area contributed by atoms with Crippen LogP contribution in [-0.2, 0) is 34.9 Å². The lowest BCUT2D eigenvalue weighted by Crippen LogP contribution is -2.53. The monoisotopic (exact) mass is 706 g/mol. The maximum absolute atomic E-state index is 14.8. The Morgan fingerprint density at radius 3 is 1.93 bits per heavy atom. The van der Waals surface area contributed by atoms with Crippen molar-refractivity contribution < 1.29 is 61.9 Å². The first-order valence-electron chi connectivity index (χ1n) is 13.9. The molecule has 2 fully saturated rings. The molecule has 2 saturated heterocycles. The lowest BCUT2D eigenvalue weighted by Gasteiger charge is -2.39. The third-order valence-corrected chi connectivity index (χ3v) is 12.9. The van der Waals surface area contributed by atoms with E-state index in [9.17, 15) is 61.9 Å². The number of sulfone groups is 2. The number of amides is 1. The second-order valence-electron chi connectivity index (χ2n) is 11.5. The van der Waals surface area contributed by atoms with Crippen molar-refractivity contribution in [1.29, 1.82) is 0 Å². The van der Waals surface area contributed by atoms with Gasteiger partial charge in [-0.2, -0.15) is 26.3 Å². The van der Waals surface area contributed by atoms with E-state index in [-0.39, 0.29) is 68.3 Å².